The van der Waals surface area contributed by atoms with Gasteiger partial charge in [0, 0.05) is 31.3 Å². The first kappa shape index (κ1) is 20.4. The van der Waals surface area contributed by atoms with Gasteiger partial charge in [-0.3, -0.25) is 14.6 Å². The molecule has 7 rings (SSSR count). The van der Waals surface area contributed by atoms with Crippen LogP contribution < -0.4 is 9.80 Å². The molecule has 0 unspecified atom stereocenters. The van der Waals surface area contributed by atoms with Gasteiger partial charge in [-0.25, -0.2) is 4.98 Å². The molecular formula is C24H29N7O3. The van der Waals surface area contributed by atoms with Gasteiger partial charge in [0.2, 0.25) is 5.91 Å². The Kier molecular flexibility index (Phi) is 4.35. The van der Waals surface area contributed by atoms with Crippen molar-refractivity contribution in [3.63, 3.8) is 0 Å². The number of nitrogens with zero attached hydrogens (tertiary/aromatic N) is 6. The largest absolute Gasteiger partial charge is 0.393 e. The van der Waals surface area contributed by atoms with Crippen molar-refractivity contribution in [3.05, 3.63) is 18.3 Å². The summed E-state index contributed by atoms with van der Waals surface area (Å²) in [7, 11) is 0. The zero-order valence-electron chi connectivity index (χ0n) is 19.3. The lowest BCUT2D eigenvalue weighted by Crippen LogP contribution is -2.59. The van der Waals surface area contributed by atoms with Crippen LogP contribution in [0.4, 0.5) is 11.5 Å². The molecule has 2 aliphatic carbocycles. The lowest BCUT2D eigenvalue weighted by atomic mass is 9.52. The van der Waals surface area contributed by atoms with Crippen LogP contribution in [-0.2, 0) is 16.1 Å². The van der Waals surface area contributed by atoms with Crippen LogP contribution in [0.15, 0.2) is 18.3 Å². The molecule has 2 saturated carbocycles. The summed E-state index contributed by atoms with van der Waals surface area (Å²) in [6.45, 7) is 4.72. The molecule has 2 aliphatic heterocycles. The second-order valence-electron chi connectivity index (χ2n) is 10.5. The normalized spacial score (nSPS) is 31.0. The number of aliphatic hydroxyl groups excluding tert-OH is 1. The number of carbonyl (C=O) groups is 1. The Balaban J connectivity index is 1.39. The highest BCUT2D eigenvalue weighted by molar-refractivity contribution is 6.06. The number of aromatic amines is 1. The van der Waals surface area contributed by atoms with E-state index in [0.717, 1.165) is 66.2 Å². The molecule has 1 atom stereocenters. The standard InChI is InChI=1S/C24H29N7O3/c1-14-13-34-7-6-29(14)19-8-18-23-22(26-19)21(17-2-4-25-27-17)28-30(23)5-3-20(33)31(18)15-9-24(10-15)11-16(32)12-24/h2,4,8,14-16,32H,3,5-7,9-13H2,1H3,(H,25,27)/t14-,15?,16?,24?/m1/s1. The van der Waals surface area contributed by atoms with Crippen LogP contribution in [0, 0.1) is 5.41 Å². The fourth-order valence-electron chi connectivity index (χ4n) is 6.53. The van der Waals surface area contributed by atoms with Gasteiger partial charge in [0.15, 0.2) is 0 Å². The fourth-order valence-corrected chi connectivity index (χ4v) is 6.53. The zero-order valence-corrected chi connectivity index (χ0v) is 19.3. The number of hydrogen-bond donors (Lipinski definition) is 2. The van der Waals surface area contributed by atoms with Crippen LogP contribution in [0.2, 0.25) is 0 Å². The van der Waals surface area contributed by atoms with Crippen molar-refractivity contribution in [2.75, 3.05) is 29.6 Å². The number of anilines is 2. The van der Waals surface area contributed by atoms with Gasteiger partial charge in [-0.05, 0) is 44.1 Å². The maximum Gasteiger partial charge on any atom is 0.229 e. The molecule has 1 amide bonds. The number of morpholine rings is 1. The Bertz CT molecular complexity index is 1260. The number of amides is 1. The Morgan fingerprint density at radius 3 is 2.82 bits per heavy atom. The minimum absolute atomic E-state index is 0.139. The number of hydrogen-bond acceptors (Lipinski definition) is 7. The number of pyridine rings is 1. The number of aromatic nitrogens is 5. The second kappa shape index (κ2) is 7.26. The predicted molar refractivity (Wildman–Crippen MR) is 126 cm³/mol. The molecule has 4 aliphatic rings. The average molecular weight is 464 g/mol. The van der Waals surface area contributed by atoms with Crippen LogP contribution in [0.3, 0.4) is 0 Å². The lowest BCUT2D eigenvalue weighted by Gasteiger charge is -2.58. The van der Waals surface area contributed by atoms with Crippen LogP contribution in [0.5, 0.6) is 0 Å². The molecule has 178 valence electrons. The minimum atomic E-state index is -0.180. The fraction of sp³-hybridized carbons (Fsp3) is 0.583. The maximum absolute atomic E-state index is 13.5. The number of carbonyl (C=O) groups excluding carboxylic acids is 1. The molecule has 3 aromatic rings. The molecule has 0 bridgehead atoms. The van der Waals surface area contributed by atoms with E-state index in [9.17, 15) is 9.90 Å². The molecule has 3 fully saturated rings. The summed E-state index contributed by atoms with van der Waals surface area (Å²) in [4.78, 5) is 22.9. The first-order valence-corrected chi connectivity index (χ1v) is 12.3. The summed E-state index contributed by atoms with van der Waals surface area (Å²) < 4.78 is 7.60. The van der Waals surface area contributed by atoms with Crippen LogP contribution in [0.1, 0.15) is 39.0 Å². The Hall–Kier alpha value is -2.98. The quantitative estimate of drug-likeness (QED) is 0.612. The van der Waals surface area contributed by atoms with Crippen molar-refractivity contribution >= 4 is 28.4 Å². The van der Waals surface area contributed by atoms with Gasteiger partial charge in [0.25, 0.3) is 0 Å². The Morgan fingerprint density at radius 2 is 2.09 bits per heavy atom. The van der Waals surface area contributed by atoms with Crippen molar-refractivity contribution in [1.82, 2.24) is 25.0 Å². The Labute approximate surface area is 196 Å². The average Bonchev–Trinajstić information content (AvgIpc) is 3.40. The second-order valence-corrected chi connectivity index (χ2v) is 10.5. The Morgan fingerprint density at radius 1 is 1.24 bits per heavy atom. The third-order valence-corrected chi connectivity index (χ3v) is 8.17. The van der Waals surface area contributed by atoms with Gasteiger partial charge in [0.05, 0.1) is 37.6 Å². The molecule has 1 saturated heterocycles. The minimum Gasteiger partial charge on any atom is -0.393 e. The number of nitrogens with one attached hydrogen (secondary N) is 1. The molecule has 34 heavy (non-hydrogen) atoms. The third kappa shape index (κ3) is 2.94. The van der Waals surface area contributed by atoms with E-state index < -0.39 is 0 Å². The maximum atomic E-state index is 13.5. The van der Waals surface area contributed by atoms with Crippen molar-refractivity contribution < 1.29 is 14.6 Å². The zero-order chi connectivity index (χ0) is 23.0. The highest BCUT2D eigenvalue weighted by Crippen LogP contribution is 2.58. The van der Waals surface area contributed by atoms with Gasteiger partial charge < -0.3 is 19.6 Å². The smallest absolute Gasteiger partial charge is 0.229 e. The van der Waals surface area contributed by atoms with E-state index in [4.69, 9.17) is 14.8 Å². The molecule has 2 N–H and O–H groups in total. The van der Waals surface area contributed by atoms with Gasteiger partial charge in [-0.1, -0.05) is 0 Å². The lowest BCUT2D eigenvalue weighted by molar-refractivity contribution is -0.123. The summed E-state index contributed by atoms with van der Waals surface area (Å²) >= 11 is 0. The SMILES string of the molecule is C[C@@H]1COCCN1c1cc2c3c(n1)c(-c1cc[nH]n1)nn3CCC(=O)N2C1CC2(CC(O)C2)C1. The third-order valence-electron chi connectivity index (χ3n) is 8.17. The molecule has 10 heteroatoms. The van der Waals surface area contributed by atoms with Crippen LogP contribution >= 0.6 is 0 Å². The van der Waals surface area contributed by atoms with E-state index in [0.29, 0.717) is 26.2 Å². The molecule has 0 radical (unpaired) electrons. The van der Waals surface area contributed by atoms with Crippen LogP contribution in [0.25, 0.3) is 22.4 Å². The van der Waals surface area contributed by atoms with Gasteiger partial charge >= 0.3 is 0 Å². The van der Waals surface area contributed by atoms with Crippen molar-refractivity contribution in [2.45, 2.75) is 63.8 Å². The first-order valence-electron chi connectivity index (χ1n) is 12.3. The molecule has 0 aromatic carbocycles. The molecule has 3 aromatic heterocycles. The number of ether oxygens (including phenoxy) is 1. The van der Waals surface area contributed by atoms with E-state index in [2.05, 4.69) is 28.1 Å². The van der Waals surface area contributed by atoms with E-state index in [-0.39, 0.29) is 29.5 Å². The predicted octanol–water partition coefficient (Wildman–Crippen LogP) is 2.09. The van der Waals surface area contributed by atoms with Crippen LogP contribution in [-0.4, -0.2) is 73.9 Å². The van der Waals surface area contributed by atoms with Crippen molar-refractivity contribution in [2.24, 2.45) is 5.41 Å². The monoisotopic (exact) mass is 463 g/mol. The van der Waals surface area contributed by atoms with E-state index in [1.54, 1.807) is 6.20 Å². The van der Waals surface area contributed by atoms with Crippen molar-refractivity contribution in [3.8, 4) is 11.4 Å². The number of rotatable bonds is 3. The summed E-state index contributed by atoms with van der Waals surface area (Å²) in [5, 5.41) is 22.0. The summed E-state index contributed by atoms with van der Waals surface area (Å²) in [5.74, 6) is 0.988. The van der Waals surface area contributed by atoms with Gasteiger partial charge in [0.1, 0.15) is 28.2 Å². The molecule has 5 heterocycles. The van der Waals surface area contributed by atoms with Gasteiger partial charge in [-0.15, -0.1) is 0 Å². The van der Waals surface area contributed by atoms with E-state index in [1.165, 1.54) is 0 Å². The first-order chi connectivity index (χ1) is 16.5. The van der Waals surface area contributed by atoms with E-state index in [1.807, 2.05) is 15.6 Å². The number of H-pyrrole nitrogens is 1. The molecule has 1 spiro atoms. The van der Waals surface area contributed by atoms with E-state index >= 15 is 0 Å². The van der Waals surface area contributed by atoms with Crippen molar-refractivity contribution in [1.29, 1.82) is 0 Å². The highest BCUT2D eigenvalue weighted by Gasteiger charge is 2.55. The van der Waals surface area contributed by atoms with Gasteiger partial charge in [-0.2, -0.15) is 10.2 Å². The number of aryl methyl sites for hydroxylation is 1. The highest BCUT2D eigenvalue weighted by atomic mass is 16.5. The number of aliphatic hydroxyl groups is 1. The molecular weight excluding hydrogens is 434 g/mol. The molecule has 10 nitrogen and oxygen atoms in total. The summed E-state index contributed by atoms with van der Waals surface area (Å²) in [5.41, 5.74) is 4.29. The topological polar surface area (TPSA) is 112 Å². The summed E-state index contributed by atoms with van der Waals surface area (Å²) in [6, 6.07) is 4.33. The summed E-state index contributed by atoms with van der Waals surface area (Å²) in [6.07, 6.45) is 5.62.